The summed E-state index contributed by atoms with van der Waals surface area (Å²) in [5, 5.41) is 0. The van der Waals surface area contributed by atoms with Gasteiger partial charge in [0.05, 0.1) is 0 Å². The molecule has 0 saturated carbocycles. The highest BCUT2D eigenvalue weighted by Gasteiger charge is 2.08. The highest BCUT2D eigenvalue weighted by Crippen LogP contribution is 2.33. The summed E-state index contributed by atoms with van der Waals surface area (Å²) < 4.78 is 6.24. The van der Waals surface area contributed by atoms with Crippen LogP contribution in [0, 0.1) is 6.92 Å². The molecule has 0 aliphatic carbocycles. The van der Waals surface area contributed by atoms with Gasteiger partial charge in [-0.1, -0.05) is 27.7 Å². The number of benzene rings is 1. The largest absolute Gasteiger partial charge is 0.330 e. The van der Waals surface area contributed by atoms with Gasteiger partial charge in [0, 0.05) is 9.37 Å². The molecule has 90 valence electrons. The van der Waals surface area contributed by atoms with Gasteiger partial charge in [-0.15, -0.1) is 0 Å². The van der Waals surface area contributed by atoms with Gasteiger partial charge >= 0.3 is 0 Å². The smallest absolute Gasteiger partial charge is 0.174 e. The molecule has 2 aromatic rings. The molecule has 0 amide bonds. The number of aryl methyl sites for hydroxylation is 1. The van der Waals surface area contributed by atoms with Gasteiger partial charge in [-0.2, -0.15) is 4.37 Å². The second kappa shape index (κ2) is 5.95. The average molecular weight is 330 g/mol. The maximum Gasteiger partial charge on any atom is 0.174 e. The van der Waals surface area contributed by atoms with Gasteiger partial charge in [0.25, 0.3) is 0 Å². The molecule has 0 fully saturated rings. The lowest BCUT2D eigenvalue weighted by Gasteiger charge is -2.06. The fourth-order valence-corrected chi connectivity index (χ4v) is 3.57. The summed E-state index contributed by atoms with van der Waals surface area (Å²) in [4.78, 5) is 5.56. The summed E-state index contributed by atoms with van der Waals surface area (Å²) in [5.41, 5.74) is 6.88. The molecule has 1 aromatic carbocycles. The number of aromatic nitrogens is 2. The van der Waals surface area contributed by atoms with Crippen molar-refractivity contribution in [1.29, 1.82) is 0 Å². The van der Waals surface area contributed by atoms with Crippen molar-refractivity contribution < 1.29 is 0 Å². The Labute approximate surface area is 117 Å². The van der Waals surface area contributed by atoms with Crippen LogP contribution in [0.1, 0.15) is 11.4 Å². The normalized spacial score (nSPS) is 10.8. The van der Waals surface area contributed by atoms with E-state index in [1.807, 2.05) is 13.0 Å². The van der Waals surface area contributed by atoms with E-state index in [2.05, 4.69) is 37.4 Å². The van der Waals surface area contributed by atoms with E-state index in [1.54, 1.807) is 11.8 Å². The molecule has 0 unspecified atom stereocenters. The molecule has 1 heterocycles. The van der Waals surface area contributed by atoms with Crippen molar-refractivity contribution in [2.24, 2.45) is 5.73 Å². The third-order valence-corrected chi connectivity index (χ3v) is 4.60. The Kier molecular flexibility index (Phi) is 4.55. The number of hydrogen-bond acceptors (Lipinski definition) is 5. The first-order valence-electron chi connectivity index (χ1n) is 5.15. The van der Waals surface area contributed by atoms with Crippen LogP contribution in [0.5, 0.6) is 0 Å². The van der Waals surface area contributed by atoms with E-state index in [9.17, 15) is 0 Å². The van der Waals surface area contributed by atoms with E-state index in [1.165, 1.54) is 22.0 Å². The zero-order valence-electron chi connectivity index (χ0n) is 9.31. The molecule has 0 radical (unpaired) electrons. The molecule has 0 atom stereocenters. The van der Waals surface area contributed by atoms with Crippen LogP contribution >= 0.6 is 39.2 Å². The average Bonchev–Trinajstić information content (AvgIpc) is 2.69. The van der Waals surface area contributed by atoms with Gasteiger partial charge in [0.15, 0.2) is 4.34 Å². The first-order valence-corrected chi connectivity index (χ1v) is 7.54. The SMILES string of the molecule is Cc1nsc(Sc2ccc(Br)cc2CCN)n1. The van der Waals surface area contributed by atoms with Crippen LogP contribution in [0.3, 0.4) is 0 Å². The fraction of sp³-hybridized carbons (Fsp3) is 0.273. The summed E-state index contributed by atoms with van der Waals surface area (Å²) in [6, 6.07) is 6.25. The number of hydrogen-bond donors (Lipinski definition) is 1. The molecule has 6 heteroatoms. The number of nitrogens with two attached hydrogens (primary N) is 1. The van der Waals surface area contributed by atoms with E-state index in [4.69, 9.17) is 5.73 Å². The second-order valence-corrected chi connectivity index (χ2v) is 6.46. The molecular weight excluding hydrogens is 318 g/mol. The standard InChI is InChI=1S/C11H12BrN3S2/c1-7-14-11(17-15-7)16-10-3-2-9(12)6-8(10)4-5-13/h2-3,6H,4-5,13H2,1H3. The zero-order valence-corrected chi connectivity index (χ0v) is 12.5. The Morgan fingerprint density at radius 2 is 2.29 bits per heavy atom. The van der Waals surface area contributed by atoms with E-state index >= 15 is 0 Å². The van der Waals surface area contributed by atoms with Crippen molar-refractivity contribution in [2.45, 2.75) is 22.6 Å². The molecule has 17 heavy (non-hydrogen) atoms. The van der Waals surface area contributed by atoms with Crippen LogP contribution in [-0.4, -0.2) is 15.9 Å². The summed E-state index contributed by atoms with van der Waals surface area (Å²) in [6.07, 6.45) is 0.875. The molecule has 0 saturated heterocycles. The minimum absolute atomic E-state index is 0.652. The predicted molar refractivity (Wildman–Crippen MR) is 75.7 cm³/mol. The highest BCUT2D eigenvalue weighted by atomic mass is 79.9. The van der Waals surface area contributed by atoms with E-state index in [-0.39, 0.29) is 0 Å². The minimum atomic E-state index is 0.652. The monoisotopic (exact) mass is 329 g/mol. The molecule has 0 spiro atoms. The van der Waals surface area contributed by atoms with Crippen LogP contribution in [0.2, 0.25) is 0 Å². The third-order valence-electron chi connectivity index (χ3n) is 2.14. The molecular formula is C11H12BrN3S2. The van der Waals surface area contributed by atoms with Gasteiger partial charge in [0.2, 0.25) is 0 Å². The minimum Gasteiger partial charge on any atom is -0.330 e. The summed E-state index contributed by atoms with van der Waals surface area (Å²) >= 11 is 6.57. The Morgan fingerprint density at radius 3 is 2.94 bits per heavy atom. The van der Waals surface area contributed by atoms with E-state index in [0.717, 1.165) is 21.1 Å². The first-order chi connectivity index (χ1) is 8.19. The van der Waals surface area contributed by atoms with Crippen LogP contribution in [0.15, 0.2) is 31.9 Å². The summed E-state index contributed by atoms with van der Waals surface area (Å²) in [7, 11) is 0. The van der Waals surface area contributed by atoms with Crippen LogP contribution in [0.4, 0.5) is 0 Å². The maximum absolute atomic E-state index is 5.63. The Hall–Kier alpha value is -0.430. The van der Waals surface area contributed by atoms with Crippen molar-refractivity contribution in [3.63, 3.8) is 0 Å². The van der Waals surface area contributed by atoms with Crippen molar-refractivity contribution in [1.82, 2.24) is 9.36 Å². The van der Waals surface area contributed by atoms with E-state index < -0.39 is 0 Å². The van der Waals surface area contributed by atoms with Crippen LogP contribution in [-0.2, 0) is 6.42 Å². The molecule has 0 aliphatic heterocycles. The van der Waals surface area contributed by atoms with E-state index in [0.29, 0.717) is 6.54 Å². The lowest BCUT2D eigenvalue weighted by Crippen LogP contribution is -2.03. The van der Waals surface area contributed by atoms with Gasteiger partial charge in [-0.3, -0.25) is 0 Å². The molecule has 2 rings (SSSR count). The first kappa shape index (κ1) is 13.0. The van der Waals surface area contributed by atoms with Crippen molar-refractivity contribution in [3.8, 4) is 0 Å². The molecule has 1 aromatic heterocycles. The zero-order chi connectivity index (χ0) is 12.3. The topological polar surface area (TPSA) is 51.8 Å². The third kappa shape index (κ3) is 3.51. The second-order valence-electron chi connectivity index (χ2n) is 3.50. The maximum atomic E-state index is 5.63. The number of halogens is 1. The predicted octanol–water partition coefficient (Wildman–Crippen LogP) is 3.26. The van der Waals surface area contributed by atoms with Crippen LogP contribution < -0.4 is 5.73 Å². The number of rotatable bonds is 4. The van der Waals surface area contributed by atoms with Gasteiger partial charge in [0.1, 0.15) is 5.82 Å². The van der Waals surface area contributed by atoms with Crippen molar-refractivity contribution in [2.75, 3.05) is 6.54 Å². The number of nitrogens with zero attached hydrogens (tertiary/aromatic N) is 2. The lowest BCUT2D eigenvalue weighted by atomic mass is 10.1. The highest BCUT2D eigenvalue weighted by molar-refractivity contribution is 9.10. The van der Waals surface area contributed by atoms with Gasteiger partial charge in [-0.25, -0.2) is 4.98 Å². The Balaban J connectivity index is 2.25. The van der Waals surface area contributed by atoms with Gasteiger partial charge < -0.3 is 5.73 Å². The summed E-state index contributed by atoms with van der Waals surface area (Å²) in [6.45, 7) is 2.56. The lowest BCUT2D eigenvalue weighted by molar-refractivity contribution is 0.942. The molecule has 3 nitrogen and oxygen atoms in total. The fourth-order valence-electron chi connectivity index (χ4n) is 1.41. The molecule has 0 bridgehead atoms. The summed E-state index contributed by atoms with van der Waals surface area (Å²) in [5.74, 6) is 0.829. The Bertz CT molecular complexity index is 513. The quantitative estimate of drug-likeness (QED) is 0.935. The van der Waals surface area contributed by atoms with Crippen molar-refractivity contribution in [3.05, 3.63) is 34.1 Å². The van der Waals surface area contributed by atoms with Gasteiger partial charge in [-0.05, 0) is 55.2 Å². The van der Waals surface area contributed by atoms with Crippen molar-refractivity contribution >= 4 is 39.2 Å². The molecule has 0 aliphatic rings. The Morgan fingerprint density at radius 1 is 1.47 bits per heavy atom. The van der Waals surface area contributed by atoms with Crippen LogP contribution in [0.25, 0.3) is 0 Å². The molecule has 2 N–H and O–H groups in total.